The number of rotatable bonds is 2. The summed E-state index contributed by atoms with van der Waals surface area (Å²) in [6.45, 7) is 3.92. The number of hydrogen-bond acceptors (Lipinski definition) is 2. The molecule has 0 unspecified atom stereocenters. The Morgan fingerprint density at radius 2 is 2.31 bits per heavy atom. The van der Waals surface area contributed by atoms with Gasteiger partial charge in [-0.1, -0.05) is 13.3 Å². The zero-order chi connectivity index (χ0) is 9.84. The van der Waals surface area contributed by atoms with Crippen LogP contribution in [0.1, 0.15) is 30.2 Å². The van der Waals surface area contributed by atoms with Gasteiger partial charge in [0, 0.05) is 5.69 Å². The number of pyridine rings is 1. The molecule has 1 aromatic heterocycles. The summed E-state index contributed by atoms with van der Waals surface area (Å²) in [7, 11) is 0. The van der Waals surface area contributed by atoms with Crippen LogP contribution in [0.15, 0.2) is 10.9 Å². The highest BCUT2D eigenvalue weighted by molar-refractivity contribution is 5.32. The molecule has 0 bridgehead atoms. The molecule has 0 spiro atoms. The average Bonchev–Trinajstić information content (AvgIpc) is 2.10. The van der Waals surface area contributed by atoms with Gasteiger partial charge in [-0.3, -0.25) is 4.79 Å². The van der Waals surface area contributed by atoms with E-state index in [2.05, 4.69) is 11.9 Å². The molecule has 68 valence electrons. The molecule has 1 aromatic rings. The van der Waals surface area contributed by atoms with Crippen molar-refractivity contribution in [1.29, 1.82) is 5.26 Å². The highest BCUT2D eigenvalue weighted by Crippen LogP contribution is 2.06. The molecule has 1 heterocycles. The number of aromatic amines is 1. The number of nitrogens with zero attached hydrogens (tertiary/aromatic N) is 1. The topological polar surface area (TPSA) is 56.6 Å². The molecule has 0 saturated carbocycles. The van der Waals surface area contributed by atoms with Crippen LogP contribution in [0.25, 0.3) is 0 Å². The van der Waals surface area contributed by atoms with Gasteiger partial charge in [0.05, 0.1) is 0 Å². The van der Waals surface area contributed by atoms with Crippen molar-refractivity contribution >= 4 is 0 Å². The monoisotopic (exact) mass is 176 g/mol. The summed E-state index contributed by atoms with van der Waals surface area (Å²) in [5.74, 6) is 0. The van der Waals surface area contributed by atoms with Gasteiger partial charge in [-0.2, -0.15) is 5.26 Å². The third kappa shape index (κ3) is 1.97. The van der Waals surface area contributed by atoms with Gasteiger partial charge < -0.3 is 4.98 Å². The average molecular weight is 176 g/mol. The Morgan fingerprint density at radius 1 is 1.62 bits per heavy atom. The number of aryl methyl sites for hydroxylation is 2. The van der Waals surface area contributed by atoms with Gasteiger partial charge in [0.1, 0.15) is 11.6 Å². The van der Waals surface area contributed by atoms with Crippen LogP contribution in [0, 0.1) is 18.3 Å². The van der Waals surface area contributed by atoms with Crippen LogP contribution in [0.4, 0.5) is 0 Å². The van der Waals surface area contributed by atoms with Crippen LogP contribution < -0.4 is 5.56 Å². The Kier molecular flexibility index (Phi) is 2.86. The zero-order valence-corrected chi connectivity index (χ0v) is 7.85. The molecular weight excluding hydrogens is 164 g/mol. The first-order chi connectivity index (χ1) is 6.19. The fourth-order valence-electron chi connectivity index (χ4n) is 1.28. The Bertz CT molecular complexity index is 398. The lowest BCUT2D eigenvalue weighted by Crippen LogP contribution is -2.13. The predicted octanol–water partition coefficient (Wildman–Crippen LogP) is 1.51. The smallest absolute Gasteiger partial charge is 0.266 e. The van der Waals surface area contributed by atoms with Crippen LogP contribution in [0.3, 0.4) is 0 Å². The lowest BCUT2D eigenvalue weighted by atomic mass is 10.1. The molecule has 0 aliphatic carbocycles. The Balaban J connectivity index is 3.24. The van der Waals surface area contributed by atoms with Crippen molar-refractivity contribution in [3.8, 4) is 6.07 Å². The summed E-state index contributed by atoms with van der Waals surface area (Å²) in [6, 6.07) is 3.56. The van der Waals surface area contributed by atoms with Crippen LogP contribution in [0.2, 0.25) is 0 Å². The maximum absolute atomic E-state index is 11.1. The van der Waals surface area contributed by atoms with Crippen molar-refractivity contribution in [3.63, 3.8) is 0 Å². The molecule has 0 aromatic carbocycles. The predicted molar refractivity (Wildman–Crippen MR) is 50.5 cm³/mol. The molecular formula is C10H12N2O. The fourth-order valence-corrected chi connectivity index (χ4v) is 1.28. The Hall–Kier alpha value is -1.56. The highest BCUT2D eigenvalue weighted by Gasteiger charge is 2.03. The maximum atomic E-state index is 11.1. The molecule has 1 rings (SSSR count). The summed E-state index contributed by atoms with van der Waals surface area (Å²) in [5, 5.41) is 8.63. The van der Waals surface area contributed by atoms with Crippen molar-refractivity contribution in [3.05, 3.63) is 33.2 Å². The van der Waals surface area contributed by atoms with Crippen LogP contribution in [0.5, 0.6) is 0 Å². The number of aromatic nitrogens is 1. The van der Waals surface area contributed by atoms with E-state index < -0.39 is 0 Å². The van der Waals surface area contributed by atoms with Crippen molar-refractivity contribution in [2.45, 2.75) is 26.7 Å². The van der Waals surface area contributed by atoms with E-state index in [1.54, 1.807) is 6.07 Å². The van der Waals surface area contributed by atoms with E-state index in [4.69, 9.17) is 5.26 Å². The van der Waals surface area contributed by atoms with Crippen molar-refractivity contribution in [2.75, 3.05) is 0 Å². The second-order valence-electron chi connectivity index (χ2n) is 3.02. The van der Waals surface area contributed by atoms with E-state index in [0.717, 1.165) is 24.1 Å². The van der Waals surface area contributed by atoms with Crippen LogP contribution in [-0.2, 0) is 6.42 Å². The van der Waals surface area contributed by atoms with Crippen molar-refractivity contribution < 1.29 is 0 Å². The molecule has 0 atom stereocenters. The SMILES string of the molecule is CCCc1cc(C#N)c(=O)[nH]c1C. The van der Waals surface area contributed by atoms with Gasteiger partial charge >= 0.3 is 0 Å². The Morgan fingerprint density at radius 3 is 2.85 bits per heavy atom. The van der Waals surface area contributed by atoms with Gasteiger partial charge in [-0.25, -0.2) is 0 Å². The standard InChI is InChI=1S/C10H12N2O/c1-3-4-8-5-9(6-11)10(13)12-7(8)2/h5H,3-4H2,1-2H3,(H,12,13). The second-order valence-corrected chi connectivity index (χ2v) is 3.02. The zero-order valence-electron chi connectivity index (χ0n) is 7.85. The van der Waals surface area contributed by atoms with Gasteiger partial charge in [0.2, 0.25) is 0 Å². The minimum atomic E-state index is -0.292. The molecule has 0 fully saturated rings. The summed E-state index contributed by atoms with van der Waals surface area (Å²) in [5.41, 5.74) is 1.83. The quantitative estimate of drug-likeness (QED) is 0.742. The summed E-state index contributed by atoms with van der Waals surface area (Å²) >= 11 is 0. The van der Waals surface area contributed by atoms with Crippen LogP contribution >= 0.6 is 0 Å². The molecule has 0 radical (unpaired) electrons. The summed E-state index contributed by atoms with van der Waals surface area (Å²) in [4.78, 5) is 13.8. The number of nitriles is 1. The molecule has 1 N–H and O–H groups in total. The van der Waals surface area contributed by atoms with E-state index in [0.29, 0.717) is 0 Å². The number of hydrogen-bond donors (Lipinski definition) is 1. The van der Waals surface area contributed by atoms with E-state index >= 15 is 0 Å². The highest BCUT2D eigenvalue weighted by atomic mass is 16.1. The lowest BCUT2D eigenvalue weighted by Gasteiger charge is -2.03. The lowest BCUT2D eigenvalue weighted by molar-refractivity contribution is 0.892. The largest absolute Gasteiger partial charge is 0.325 e. The number of nitrogens with one attached hydrogen (secondary N) is 1. The molecule has 0 saturated heterocycles. The molecule has 0 amide bonds. The summed E-state index contributed by atoms with van der Waals surface area (Å²) < 4.78 is 0. The van der Waals surface area contributed by atoms with Gasteiger partial charge in [0.15, 0.2) is 0 Å². The minimum Gasteiger partial charge on any atom is -0.325 e. The first kappa shape index (κ1) is 9.53. The first-order valence-corrected chi connectivity index (χ1v) is 4.32. The molecule has 13 heavy (non-hydrogen) atoms. The van der Waals surface area contributed by atoms with E-state index in [1.807, 2.05) is 13.0 Å². The molecule has 0 aliphatic heterocycles. The Labute approximate surface area is 77.0 Å². The first-order valence-electron chi connectivity index (χ1n) is 4.32. The number of H-pyrrole nitrogens is 1. The van der Waals surface area contributed by atoms with Gasteiger partial charge in [-0.15, -0.1) is 0 Å². The third-order valence-corrected chi connectivity index (χ3v) is 1.99. The van der Waals surface area contributed by atoms with E-state index in [1.165, 1.54) is 0 Å². The molecule has 0 aliphatic rings. The summed E-state index contributed by atoms with van der Waals surface area (Å²) in [6.07, 6.45) is 1.91. The normalized spacial score (nSPS) is 9.62. The van der Waals surface area contributed by atoms with Gasteiger partial charge in [0.25, 0.3) is 5.56 Å². The van der Waals surface area contributed by atoms with E-state index in [-0.39, 0.29) is 11.1 Å². The van der Waals surface area contributed by atoms with E-state index in [9.17, 15) is 4.79 Å². The van der Waals surface area contributed by atoms with Gasteiger partial charge in [-0.05, 0) is 25.0 Å². The van der Waals surface area contributed by atoms with Crippen LogP contribution in [-0.4, -0.2) is 4.98 Å². The maximum Gasteiger partial charge on any atom is 0.266 e. The molecule has 3 heteroatoms. The molecule has 3 nitrogen and oxygen atoms in total. The van der Waals surface area contributed by atoms with Crippen molar-refractivity contribution in [1.82, 2.24) is 4.98 Å². The minimum absolute atomic E-state index is 0.203. The van der Waals surface area contributed by atoms with Crippen molar-refractivity contribution in [2.24, 2.45) is 0 Å². The second kappa shape index (κ2) is 3.90. The third-order valence-electron chi connectivity index (χ3n) is 1.99. The fraction of sp³-hybridized carbons (Fsp3) is 0.400.